The number of carbonyl (C=O) groups excluding carboxylic acids is 3. The maximum Gasteiger partial charge on any atom is 0.407 e. The van der Waals surface area contributed by atoms with Crippen molar-refractivity contribution in [2.24, 2.45) is 5.41 Å². The van der Waals surface area contributed by atoms with Crippen molar-refractivity contribution < 1.29 is 43.2 Å². The van der Waals surface area contributed by atoms with Crippen LogP contribution in [0.4, 0.5) is 9.59 Å². The molecular formula is C19H28N2O9. The third-order valence-corrected chi connectivity index (χ3v) is 3.76. The minimum Gasteiger partial charge on any atom is -0.492 e. The van der Waals surface area contributed by atoms with Gasteiger partial charge >= 0.3 is 24.1 Å². The number of carboxylic acid groups (broad SMARTS) is 1. The van der Waals surface area contributed by atoms with Crippen molar-refractivity contribution >= 4 is 24.1 Å². The van der Waals surface area contributed by atoms with Gasteiger partial charge in [0.15, 0.2) is 0 Å². The number of amides is 2. The lowest BCUT2D eigenvalue weighted by Gasteiger charge is -2.27. The second-order valence-corrected chi connectivity index (χ2v) is 5.84. The summed E-state index contributed by atoms with van der Waals surface area (Å²) in [7, 11) is 0. The summed E-state index contributed by atoms with van der Waals surface area (Å²) in [6.07, 6.45) is 0.651. The SMILES string of the molecule is C=CC(=C)OCCNC(=O)OCC(CC)(COC(=O)NCCOC(=O)C=C)C(=O)O. The highest BCUT2D eigenvalue weighted by Crippen LogP contribution is 2.24. The summed E-state index contributed by atoms with van der Waals surface area (Å²) in [5.74, 6) is -1.60. The monoisotopic (exact) mass is 428 g/mol. The van der Waals surface area contributed by atoms with Crippen LogP contribution in [0.3, 0.4) is 0 Å². The first-order valence-corrected chi connectivity index (χ1v) is 8.98. The molecule has 168 valence electrons. The molecule has 0 fully saturated rings. The highest BCUT2D eigenvalue weighted by Gasteiger charge is 2.40. The molecule has 0 heterocycles. The van der Waals surface area contributed by atoms with Gasteiger partial charge in [0.2, 0.25) is 0 Å². The van der Waals surface area contributed by atoms with E-state index in [0.29, 0.717) is 5.76 Å². The Morgan fingerprint density at radius 1 is 0.900 bits per heavy atom. The van der Waals surface area contributed by atoms with Gasteiger partial charge in [0.1, 0.15) is 37.6 Å². The number of hydrogen-bond donors (Lipinski definition) is 3. The zero-order valence-electron chi connectivity index (χ0n) is 16.9. The average Bonchev–Trinajstić information content (AvgIpc) is 2.73. The van der Waals surface area contributed by atoms with Crippen molar-refractivity contribution in [1.82, 2.24) is 10.6 Å². The molecule has 0 bridgehead atoms. The van der Waals surface area contributed by atoms with Crippen LogP contribution in [0.1, 0.15) is 13.3 Å². The van der Waals surface area contributed by atoms with Gasteiger partial charge in [-0.15, -0.1) is 0 Å². The number of esters is 1. The van der Waals surface area contributed by atoms with E-state index in [0.717, 1.165) is 6.08 Å². The quantitative estimate of drug-likeness (QED) is 0.0877. The summed E-state index contributed by atoms with van der Waals surface area (Å²) in [4.78, 5) is 46.0. The van der Waals surface area contributed by atoms with Crippen LogP contribution in [0.25, 0.3) is 0 Å². The number of rotatable bonds is 15. The minimum absolute atomic E-state index is 0.0299. The van der Waals surface area contributed by atoms with E-state index < -0.39 is 42.8 Å². The van der Waals surface area contributed by atoms with Crippen molar-refractivity contribution in [3.8, 4) is 0 Å². The predicted molar refractivity (Wildman–Crippen MR) is 106 cm³/mol. The zero-order chi connectivity index (χ0) is 23.0. The van der Waals surface area contributed by atoms with Gasteiger partial charge in [-0.25, -0.2) is 14.4 Å². The largest absolute Gasteiger partial charge is 0.492 e. The van der Waals surface area contributed by atoms with Crippen LogP contribution in [0.15, 0.2) is 37.6 Å². The van der Waals surface area contributed by atoms with Crippen molar-refractivity contribution in [1.29, 1.82) is 0 Å². The summed E-state index contributed by atoms with van der Waals surface area (Å²) >= 11 is 0. The number of ether oxygens (including phenoxy) is 4. The summed E-state index contributed by atoms with van der Waals surface area (Å²) in [6, 6.07) is 0. The fourth-order valence-corrected chi connectivity index (χ4v) is 1.79. The van der Waals surface area contributed by atoms with Crippen molar-refractivity contribution in [2.45, 2.75) is 13.3 Å². The molecule has 0 saturated carbocycles. The molecule has 0 saturated heterocycles. The molecule has 1 unspecified atom stereocenters. The lowest BCUT2D eigenvalue weighted by atomic mass is 9.87. The summed E-state index contributed by atoms with van der Waals surface area (Å²) in [6.45, 7) is 10.8. The molecule has 30 heavy (non-hydrogen) atoms. The van der Waals surface area contributed by atoms with Crippen molar-refractivity contribution in [3.63, 3.8) is 0 Å². The molecule has 0 rings (SSSR count). The molecule has 2 amide bonds. The van der Waals surface area contributed by atoms with Crippen LogP contribution in [0.2, 0.25) is 0 Å². The van der Waals surface area contributed by atoms with E-state index in [2.05, 4.69) is 35.1 Å². The Labute approximate surface area is 174 Å². The molecular weight excluding hydrogens is 400 g/mol. The molecule has 11 heteroatoms. The minimum atomic E-state index is -1.63. The number of carboxylic acids is 1. The molecule has 3 N–H and O–H groups in total. The van der Waals surface area contributed by atoms with Gasteiger partial charge in [0.05, 0.1) is 13.1 Å². The van der Waals surface area contributed by atoms with Crippen LogP contribution >= 0.6 is 0 Å². The van der Waals surface area contributed by atoms with Gasteiger partial charge in [-0.1, -0.05) is 26.7 Å². The molecule has 0 aliphatic heterocycles. The zero-order valence-corrected chi connectivity index (χ0v) is 16.9. The first kappa shape index (κ1) is 26.5. The lowest BCUT2D eigenvalue weighted by molar-refractivity contribution is -0.155. The molecule has 1 atom stereocenters. The Balaban J connectivity index is 4.44. The van der Waals surface area contributed by atoms with Gasteiger partial charge < -0.3 is 34.7 Å². The van der Waals surface area contributed by atoms with Gasteiger partial charge in [-0.2, -0.15) is 0 Å². The van der Waals surface area contributed by atoms with E-state index in [1.54, 1.807) is 6.92 Å². The Hall–Kier alpha value is -3.50. The van der Waals surface area contributed by atoms with E-state index >= 15 is 0 Å². The average molecular weight is 428 g/mol. The van der Waals surface area contributed by atoms with Crippen LogP contribution < -0.4 is 10.6 Å². The number of aliphatic carboxylic acids is 1. The van der Waals surface area contributed by atoms with E-state index in [1.807, 2.05) is 0 Å². The van der Waals surface area contributed by atoms with Gasteiger partial charge in [-0.3, -0.25) is 4.79 Å². The molecule has 0 aromatic carbocycles. The Bertz CT molecular complexity index is 602. The van der Waals surface area contributed by atoms with Crippen LogP contribution in [0, 0.1) is 5.41 Å². The molecule has 0 aliphatic carbocycles. The Morgan fingerprint density at radius 3 is 1.80 bits per heavy atom. The van der Waals surface area contributed by atoms with E-state index in [9.17, 15) is 24.3 Å². The first-order valence-electron chi connectivity index (χ1n) is 8.98. The van der Waals surface area contributed by atoms with Crippen LogP contribution in [0.5, 0.6) is 0 Å². The third-order valence-electron chi connectivity index (χ3n) is 3.76. The fraction of sp³-hybridized carbons (Fsp3) is 0.474. The summed E-state index contributed by atoms with van der Waals surface area (Å²) in [5, 5.41) is 14.2. The highest BCUT2D eigenvalue weighted by atomic mass is 16.6. The molecule has 0 spiro atoms. The Morgan fingerprint density at radius 2 is 1.40 bits per heavy atom. The normalized spacial score (nSPS) is 11.8. The smallest absolute Gasteiger partial charge is 0.407 e. The maximum atomic E-state index is 11.7. The van der Waals surface area contributed by atoms with Crippen LogP contribution in [-0.4, -0.2) is 68.7 Å². The summed E-state index contributed by atoms with van der Waals surface area (Å²) in [5.41, 5.74) is -1.63. The number of allylic oxidation sites excluding steroid dienone is 1. The maximum absolute atomic E-state index is 11.7. The number of hydrogen-bond acceptors (Lipinski definition) is 8. The second kappa shape index (κ2) is 14.5. The third kappa shape index (κ3) is 10.7. The molecule has 0 aliphatic rings. The molecule has 0 aromatic heterocycles. The van der Waals surface area contributed by atoms with Gasteiger partial charge in [0, 0.05) is 6.08 Å². The molecule has 11 nitrogen and oxygen atoms in total. The lowest BCUT2D eigenvalue weighted by Crippen LogP contribution is -2.43. The van der Waals surface area contributed by atoms with E-state index in [-0.39, 0.29) is 32.7 Å². The topological polar surface area (TPSA) is 149 Å². The summed E-state index contributed by atoms with van der Waals surface area (Å²) < 4.78 is 19.6. The molecule has 0 aromatic rings. The first-order chi connectivity index (χ1) is 14.2. The standard InChI is InChI=1S/C19H28N2O9/c1-5-14(4)27-10-8-20-17(25)29-12-19(7-3,16(23)24)13-30-18(26)21-9-11-28-15(22)6-2/h5-6H,1-2,4,7-13H2,3H3,(H,20,25)(H,21,26)(H,23,24). The van der Waals surface area contributed by atoms with Crippen LogP contribution in [-0.2, 0) is 28.5 Å². The second-order valence-electron chi connectivity index (χ2n) is 5.84. The fourth-order valence-electron chi connectivity index (χ4n) is 1.79. The number of nitrogens with one attached hydrogen (secondary N) is 2. The predicted octanol–water partition coefficient (Wildman–Crippen LogP) is 1.37. The van der Waals surface area contributed by atoms with Gasteiger partial charge in [-0.05, 0) is 12.5 Å². The van der Waals surface area contributed by atoms with Gasteiger partial charge in [0.25, 0.3) is 0 Å². The molecule has 0 radical (unpaired) electrons. The van der Waals surface area contributed by atoms with E-state index in [1.165, 1.54) is 6.08 Å². The van der Waals surface area contributed by atoms with E-state index in [4.69, 9.17) is 14.2 Å². The van der Waals surface area contributed by atoms with Crippen molar-refractivity contribution in [2.75, 3.05) is 39.5 Å². The Kier molecular flexibility index (Phi) is 12.8. The number of carbonyl (C=O) groups is 4. The van der Waals surface area contributed by atoms with Crippen molar-refractivity contribution in [3.05, 3.63) is 37.6 Å². The highest BCUT2D eigenvalue weighted by molar-refractivity contribution is 5.81. The number of alkyl carbamates (subject to hydrolysis) is 2.